The molecule has 7 heteroatoms. The fourth-order valence-electron chi connectivity index (χ4n) is 0. The van der Waals surface area contributed by atoms with Gasteiger partial charge in [0.1, 0.15) is 0 Å². The Morgan fingerprint density at radius 3 is 1.33 bits per heavy atom. The second-order valence-corrected chi connectivity index (χ2v) is 2.14. The first-order valence-electron chi connectivity index (χ1n) is 2.59. The Labute approximate surface area is 68.6 Å². The largest absolute Gasteiger partial charge is 0.490 e. The van der Waals surface area contributed by atoms with E-state index in [0.29, 0.717) is 0 Å². The summed E-state index contributed by atoms with van der Waals surface area (Å²) in [7, 11) is 6.00. The predicted molar refractivity (Wildman–Crippen MR) is 38.3 cm³/mol. The van der Waals surface area contributed by atoms with Crippen LogP contribution in [0.5, 0.6) is 0 Å². The van der Waals surface area contributed by atoms with Crippen LogP contribution in [0, 0.1) is 0 Å². The molecule has 0 amide bonds. The number of aliphatic carboxylic acids is 1. The van der Waals surface area contributed by atoms with E-state index in [2.05, 4.69) is 0 Å². The first-order valence-corrected chi connectivity index (χ1v) is 2.59. The molecule has 12 heavy (non-hydrogen) atoms. The maximum Gasteiger partial charge on any atom is 0.490 e. The Hall–Kier alpha value is -0.820. The molecule has 4 nitrogen and oxygen atoms in total. The van der Waals surface area contributed by atoms with Gasteiger partial charge < -0.3 is 16.2 Å². The van der Waals surface area contributed by atoms with Gasteiger partial charge in [-0.15, -0.1) is 0 Å². The van der Waals surface area contributed by atoms with Crippen molar-refractivity contribution in [2.45, 2.75) is 6.18 Å². The summed E-state index contributed by atoms with van der Waals surface area (Å²) in [6, 6.07) is 0. The third kappa shape index (κ3) is 22.9. The molecule has 76 valence electrons. The molecule has 0 spiro atoms. The van der Waals surface area contributed by atoms with Gasteiger partial charge in [-0.1, -0.05) is 0 Å². The standard InChI is InChI=1S/C3H9N.C2HF3O2.H3N/c1-4(2)3;3-2(4,5)1(6)7;/h1-3H3;(H,6,7);1H3. The fourth-order valence-corrected chi connectivity index (χ4v) is 0. The topological polar surface area (TPSA) is 75.5 Å². The van der Waals surface area contributed by atoms with Crippen molar-refractivity contribution < 1.29 is 23.1 Å². The minimum atomic E-state index is -5.08. The van der Waals surface area contributed by atoms with Gasteiger partial charge in [0, 0.05) is 0 Å². The summed E-state index contributed by atoms with van der Waals surface area (Å²) < 4.78 is 31.7. The van der Waals surface area contributed by atoms with Crippen molar-refractivity contribution in [2.24, 2.45) is 0 Å². The van der Waals surface area contributed by atoms with Crippen LogP contribution in [0.2, 0.25) is 0 Å². The highest BCUT2D eigenvalue weighted by molar-refractivity contribution is 5.73. The van der Waals surface area contributed by atoms with Gasteiger partial charge in [-0.3, -0.25) is 0 Å². The van der Waals surface area contributed by atoms with Crippen molar-refractivity contribution in [1.29, 1.82) is 0 Å². The molecule has 0 unspecified atom stereocenters. The molecule has 0 saturated heterocycles. The molecular formula is C5H13F3N2O2. The van der Waals surface area contributed by atoms with Gasteiger partial charge in [-0.2, -0.15) is 13.2 Å². The van der Waals surface area contributed by atoms with Gasteiger partial charge >= 0.3 is 12.1 Å². The molecule has 0 saturated carbocycles. The van der Waals surface area contributed by atoms with Gasteiger partial charge in [0.2, 0.25) is 0 Å². The van der Waals surface area contributed by atoms with Crippen molar-refractivity contribution in [3.05, 3.63) is 0 Å². The number of carboxylic acids is 1. The Balaban J connectivity index is -0.000000142. The van der Waals surface area contributed by atoms with Crippen molar-refractivity contribution in [3.8, 4) is 0 Å². The first kappa shape index (κ1) is 17.3. The number of rotatable bonds is 0. The van der Waals surface area contributed by atoms with Gasteiger partial charge in [-0.05, 0) is 21.1 Å². The zero-order valence-corrected chi connectivity index (χ0v) is 7.14. The molecule has 0 atom stereocenters. The van der Waals surface area contributed by atoms with Crippen LogP contribution in [0.3, 0.4) is 0 Å². The normalized spacial score (nSPS) is 9.58. The van der Waals surface area contributed by atoms with Crippen LogP contribution < -0.4 is 6.15 Å². The minimum Gasteiger partial charge on any atom is -0.475 e. The third-order valence-electron chi connectivity index (χ3n) is 0.243. The van der Waals surface area contributed by atoms with E-state index in [1.165, 1.54) is 0 Å². The lowest BCUT2D eigenvalue weighted by molar-refractivity contribution is -0.192. The first-order chi connectivity index (χ1) is 4.68. The second-order valence-electron chi connectivity index (χ2n) is 2.14. The highest BCUT2D eigenvalue weighted by Crippen LogP contribution is 2.13. The molecule has 0 aromatic carbocycles. The summed E-state index contributed by atoms with van der Waals surface area (Å²) in [5.41, 5.74) is 0. The van der Waals surface area contributed by atoms with E-state index in [4.69, 9.17) is 9.90 Å². The van der Waals surface area contributed by atoms with Crippen LogP contribution in [-0.4, -0.2) is 43.3 Å². The number of halogens is 3. The lowest BCUT2D eigenvalue weighted by Crippen LogP contribution is -2.21. The van der Waals surface area contributed by atoms with Crippen molar-refractivity contribution in [3.63, 3.8) is 0 Å². The van der Waals surface area contributed by atoms with Crippen LogP contribution in [0.15, 0.2) is 0 Å². The smallest absolute Gasteiger partial charge is 0.475 e. The van der Waals surface area contributed by atoms with Crippen molar-refractivity contribution >= 4 is 5.97 Å². The average Bonchev–Trinajstić information content (AvgIpc) is 1.59. The number of hydrogen-bond acceptors (Lipinski definition) is 3. The number of carbonyl (C=O) groups is 1. The van der Waals surface area contributed by atoms with Gasteiger partial charge in [0.05, 0.1) is 0 Å². The summed E-state index contributed by atoms with van der Waals surface area (Å²) in [5.74, 6) is -2.76. The Bertz CT molecular complexity index is 122. The van der Waals surface area contributed by atoms with Crippen molar-refractivity contribution in [1.82, 2.24) is 11.1 Å². The highest BCUT2D eigenvalue weighted by atomic mass is 19.4. The van der Waals surface area contributed by atoms with E-state index in [1.54, 1.807) is 0 Å². The molecule has 0 aliphatic rings. The average molecular weight is 190 g/mol. The van der Waals surface area contributed by atoms with Crippen molar-refractivity contribution in [2.75, 3.05) is 21.1 Å². The summed E-state index contributed by atoms with van der Waals surface area (Å²) in [6.07, 6.45) is -5.08. The van der Waals surface area contributed by atoms with Gasteiger partial charge in [-0.25, -0.2) is 4.79 Å². The van der Waals surface area contributed by atoms with E-state index in [-0.39, 0.29) is 6.15 Å². The lowest BCUT2D eigenvalue weighted by atomic mass is 10.7. The van der Waals surface area contributed by atoms with E-state index >= 15 is 0 Å². The molecule has 0 heterocycles. The zero-order valence-electron chi connectivity index (χ0n) is 7.14. The summed E-state index contributed by atoms with van der Waals surface area (Å²) >= 11 is 0. The maximum atomic E-state index is 10.6. The lowest BCUT2D eigenvalue weighted by Gasteiger charge is -1.93. The van der Waals surface area contributed by atoms with Gasteiger partial charge in [0.15, 0.2) is 0 Å². The minimum absolute atomic E-state index is 0. The van der Waals surface area contributed by atoms with Gasteiger partial charge in [0.25, 0.3) is 0 Å². The summed E-state index contributed by atoms with van der Waals surface area (Å²) in [6.45, 7) is 0. The molecule has 4 N–H and O–H groups in total. The van der Waals surface area contributed by atoms with E-state index < -0.39 is 12.1 Å². The molecule has 0 aliphatic heterocycles. The van der Waals surface area contributed by atoms with Crippen LogP contribution in [0.25, 0.3) is 0 Å². The second kappa shape index (κ2) is 6.86. The molecule has 0 bridgehead atoms. The quantitative estimate of drug-likeness (QED) is 0.596. The van der Waals surface area contributed by atoms with Crippen LogP contribution in [0.4, 0.5) is 13.2 Å². The molecule has 0 rings (SSSR count). The molecule has 0 aliphatic carbocycles. The van der Waals surface area contributed by atoms with E-state index in [1.807, 2.05) is 26.0 Å². The fraction of sp³-hybridized carbons (Fsp3) is 0.800. The number of carboxylic acid groups (broad SMARTS) is 1. The number of alkyl halides is 3. The van der Waals surface area contributed by atoms with Crippen LogP contribution >= 0.6 is 0 Å². The monoisotopic (exact) mass is 190 g/mol. The number of nitrogens with zero attached hydrogens (tertiary/aromatic N) is 1. The Morgan fingerprint density at radius 2 is 1.33 bits per heavy atom. The highest BCUT2D eigenvalue weighted by Gasteiger charge is 2.38. The number of hydrogen-bond donors (Lipinski definition) is 2. The van der Waals surface area contributed by atoms with E-state index in [9.17, 15) is 13.2 Å². The Morgan fingerprint density at radius 1 is 1.25 bits per heavy atom. The van der Waals surface area contributed by atoms with Crippen LogP contribution in [-0.2, 0) is 4.79 Å². The third-order valence-corrected chi connectivity index (χ3v) is 0.243. The summed E-state index contributed by atoms with van der Waals surface area (Å²) in [4.78, 5) is 10.9. The zero-order chi connectivity index (χ0) is 9.65. The molecule has 0 radical (unpaired) electrons. The molecule has 0 aromatic heterocycles. The predicted octanol–water partition coefficient (Wildman–Crippen LogP) is 0.973. The SMILES string of the molecule is CN(C)C.N.O=C(O)C(F)(F)F. The molecule has 0 aromatic rings. The van der Waals surface area contributed by atoms with E-state index in [0.717, 1.165) is 0 Å². The molecular weight excluding hydrogens is 177 g/mol. The molecule has 0 fully saturated rings. The maximum absolute atomic E-state index is 10.6. The summed E-state index contributed by atoms with van der Waals surface area (Å²) in [5, 5.41) is 7.12. The van der Waals surface area contributed by atoms with Crippen LogP contribution in [0.1, 0.15) is 0 Å². The Kier molecular flexibility index (Phi) is 9.90.